The fraction of sp³-hybridized carbons (Fsp3) is 0.724. The van der Waals surface area contributed by atoms with E-state index in [4.69, 9.17) is 9.47 Å². The highest BCUT2D eigenvalue weighted by Crippen LogP contribution is 2.29. The molecule has 0 N–H and O–H groups in total. The lowest BCUT2D eigenvalue weighted by Crippen LogP contribution is -2.26. The monoisotopic (exact) mass is 458 g/mol. The van der Waals surface area contributed by atoms with Crippen molar-refractivity contribution in [2.75, 3.05) is 13.2 Å². The molecule has 1 unspecified atom stereocenters. The van der Waals surface area contributed by atoms with E-state index in [1.54, 1.807) is 0 Å². The van der Waals surface area contributed by atoms with E-state index in [1.807, 2.05) is 0 Å². The summed E-state index contributed by atoms with van der Waals surface area (Å²) in [6, 6.07) is 0. The topological polar surface area (TPSA) is 52.6 Å². The van der Waals surface area contributed by atoms with Crippen molar-refractivity contribution in [2.24, 2.45) is 29.6 Å². The van der Waals surface area contributed by atoms with Crippen molar-refractivity contribution >= 4 is 12.3 Å². The number of carbonyl (C=O) groups is 2. The summed E-state index contributed by atoms with van der Waals surface area (Å²) >= 11 is 0. The van der Waals surface area contributed by atoms with Crippen LogP contribution < -0.4 is 0 Å². The van der Waals surface area contributed by atoms with E-state index >= 15 is 0 Å². The van der Waals surface area contributed by atoms with Crippen molar-refractivity contribution in [3.63, 3.8) is 0 Å². The zero-order valence-corrected chi connectivity index (χ0v) is 21.4. The molecule has 0 saturated heterocycles. The minimum atomic E-state index is -0.138. The van der Waals surface area contributed by atoms with Gasteiger partial charge in [0.25, 0.3) is 0 Å². The van der Waals surface area contributed by atoms with Crippen molar-refractivity contribution in [1.29, 1.82) is 0 Å². The van der Waals surface area contributed by atoms with Crippen LogP contribution in [0.15, 0.2) is 36.0 Å². The van der Waals surface area contributed by atoms with Crippen molar-refractivity contribution in [3.8, 4) is 0 Å². The van der Waals surface area contributed by atoms with Gasteiger partial charge in [-0.05, 0) is 62.7 Å². The van der Waals surface area contributed by atoms with E-state index < -0.39 is 0 Å². The fourth-order valence-electron chi connectivity index (χ4n) is 5.16. The molecule has 1 heterocycles. The second kappa shape index (κ2) is 14.6. The lowest BCUT2D eigenvalue weighted by atomic mass is 9.82. The van der Waals surface area contributed by atoms with Gasteiger partial charge in [0, 0.05) is 18.8 Å². The van der Waals surface area contributed by atoms with Crippen LogP contribution in [0.25, 0.3) is 0 Å². The van der Waals surface area contributed by atoms with E-state index in [0.29, 0.717) is 49.9 Å². The number of hydrogen-bond donors (Lipinski definition) is 0. The molecule has 2 rings (SSSR count). The first-order valence-electron chi connectivity index (χ1n) is 13.0. The van der Waals surface area contributed by atoms with Gasteiger partial charge in [-0.1, -0.05) is 69.6 Å². The van der Waals surface area contributed by atoms with Crippen LogP contribution in [0.1, 0.15) is 85.5 Å². The third kappa shape index (κ3) is 10.9. The van der Waals surface area contributed by atoms with E-state index in [-0.39, 0.29) is 11.9 Å². The molecule has 33 heavy (non-hydrogen) atoms. The summed E-state index contributed by atoms with van der Waals surface area (Å²) in [5.74, 6) is 1.64. The molecule has 2 aliphatic rings. The molecule has 0 radical (unpaired) electrons. The maximum absolute atomic E-state index is 12.4. The largest absolute Gasteiger partial charge is 0.465 e. The van der Waals surface area contributed by atoms with Gasteiger partial charge in [-0.15, -0.1) is 0 Å². The van der Waals surface area contributed by atoms with Gasteiger partial charge in [0.2, 0.25) is 0 Å². The van der Waals surface area contributed by atoms with Gasteiger partial charge in [-0.2, -0.15) is 0 Å². The van der Waals surface area contributed by atoms with Crippen LogP contribution in [-0.2, 0) is 19.1 Å². The van der Waals surface area contributed by atoms with Crippen molar-refractivity contribution < 1.29 is 19.1 Å². The number of allylic oxidation sites excluding steroid dienone is 4. The zero-order valence-electron chi connectivity index (χ0n) is 21.4. The molecule has 1 saturated carbocycles. The third-order valence-electron chi connectivity index (χ3n) is 7.28. The summed E-state index contributed by atoms with van der Waals surface area (Å²) in [7, 11) is 0. The van der Waals surface area contributed by atoms with Gasteiger partial charge in [0.15, 0.2) is 0 Å². The number of ether oxygens (including phenoxy) is 2. The van der Waals surface area contributed by atoms with Crippen LogP contribution in [0, 0.1) is 29.6 Å². The van der Waals surface area contributed by atoms with Gasteiger partial charge in [0.05, 0.1) is 19.3 Å². The number of cyclic esters (lactones) is 1. The van der Waals surface area contributed by atoms with Crippen LogP contribution in [-0.4, -0.2) is 31.6 Å². The summed E-state index contributed by atoms with van der Waals surface area (Å²) in [6.45, 7) is 14.0. The Hall–Kier alpha value is -1.68. The number of aldehydes is 1. The van der Waals surface area contributed by atoms with Gasteiger partial charge in [-0.25, -0.2) is 0 Å². The Bertz CT molecular complexity index is 692. The molecule has 1 aliphatic carbocycles. The van der Waals surface area contributed by atoms with E-state index in [2.05, 4.69) is 52.5 Å². The summed E-state index contributed by atoms with van der Waals surface area (Å²) in [6.07, 6.45) is 16.1. The van der Waals surface area contributed by atoms with Crippen LogP contribution in [0.5, 0.6) is 0 Å². The number of rotatable bonds is 5. The van der Waals surface area contributed by atoms with Gasteiger partial charge >= 0.3 is 5.97 Å². The molecule has 0 bridgehead atoms. The predicted octanol–water partition coefficient (Wildman–Crippen LogP) is 6.85. The molecule has 0 spiro atoms. The molecule has 0 aromatic rings. The van der Waals surface area contributed by atoms with E-state index in [1.165, 1.54) is 12.8 Å². The molecular formula is C29H46O4. The summed E-state index contributed by atoms with van der Waals surface area (Å²) in [5, 5.41) is 0. The Labute approximate surface area is 201 Å². The highest BCUT2D eigenvalue weighted by molar-refractivity contribution is 5.69. The molecular weight excluding hydrogens is 412 g/mol. The first-order valence-corrected chi connectivity index (χ1v) is 13.0. The number of esters is 1. The molecule has 0 aromatic heterocycles. The molecule has 0 amide bonds. The lowest BCUT2D eigenvalue weighted by molar-refractivity contribution is -0.145. The van der Waals surface area contributed by atoms with Crippen LogP contribution in [0.4, 0.5) is 0 Å². The lowest BCUT2D eigenvalue weighted by Gasteiger charge is -2.28. The van der Waals surface area contributed by atoms with E-state index in [9.17, 15) is 9.59 Å². The number of hydrogen-bond acceptors (Lipinski definition) is 4. The van der Waals surface area contributed by atoms with Crippen LogP contribution >= 0.6 is 0 Å². The highest BCUT2D eigenvalue weighted by Gasteiger charge is 2.22. The Morgan fingerprint density at radius 1 is 1.09 bits per heavy atom. The second-order valence-corrected chi connectivity index (χ2v) is 10.8. The normalized spacial score (nSPS) is 35.8. The molecule has 4 nitrogen and oxygen atoms in total. The van der Waals surface area contributed by atoms with Gasteiger partial charge < -0.3 is 14.3 Å². The first kappa shape index (κ1) is 27.6. The van der Waals surface area contributed by atoms with Gasteiger partial charge in [-0.3, -0.25) is 4.79 Å². The fourth-order valence-corrected chi connectivity index (χ4v) is 5.16. The second-order valence-electron chi connectivity index (χ2n) is 10.8. The SMILES string of the molecule is C=C1/C=C/C(C)=C/[C@H](COC2CCC[C@@H](C)C2)COC(=O)CC[C@H](C)C[C@@H](CC=O)C[C@H]1C. The Balaban J connectivity index is 2.10. The predicted molar refractivity (Wildman–Crippen MR) is 135 cm³/mol. The van der Waals surface area contributed by atoms with Crippen LogP contribution in [0.2, 0.25) is 0 Å². The average Bonchev–Trinajstić information content (AvgIpc) is 2.77. The molecule has 1 fully saturated rings. The van der Waals surface area contributed by atoms with Crippen LogP contribution in [0.3, 0.4) is 0 Å². The molecule has 0 aromatic carbocycles. The summed E-state index contributed by atoms with van der Waals surface area (Å²) in [4.78, 5) is 23.6. The first-order chi connectivity index (χ1) is 15.8. The minimum absolute atomic E-state index is 0.0452. The molecule has 4 heteroatoms. The quantitative estimate of drug-likeness (QED) is 0.334. The van der Waals surface area contributed by atoms with Gasteiger partial charge in [0.1, 0.15) is 6.29 Å². The highest BCUT2D eigenvalue weighted by atomic mass is 16.5. The summed E-state index contributed by atoms with van der Waals surface area (Å²) < 4.78 is 11.9. The third-order valence-corrected chi connectivity index (χ3v) is 7.28. The zero-order chi connectivity index (χ0) is 24.2. The molecule has 186 valence electrons. The maximum Gasteiger partial charge on any atom is 0.305 e. The minimum Gasteiger partial charge on any atom is -0.465 e. The standard InChI is InChI=1S/C29H46O4/c1-21-7-6-8-28(17-21)32-19-27-16-22(2)9-11-24(4)25(5)18-26(13-14-30)15-23(3)10-12-29(31)33-20-27/h9,11,14,16,21,23,25-28H,4,6-8,10,12-13,15,17-20H2,1-3,5H3/b11-9+,22-16+/t21-,23+,25-,26-,27-,28?/m1/s1. The average molecular weight is 459 g/mol. The number of carbonyl (C=O) groups excluding carboxylic acids is 2. The van der Waals surface area contributed by atoms with Crippen molar-refractivity contribution in [3.05, 3.63) is 36.0 Å². The summed E-state index contributed by atoms with van der Waals surface area (Å²) in [5.41, 5.74) is 2.21. The van der Waals surface area contributed by atoms with Crippen molar-refractivity contribution in [1.82, 2.24) is 0 Å². The Morgan fingerprint density at radius 3 is 2.58 bits per heavy atom. The Morgan fingerprint density at radius 2 is 1.85 bits per heavy atom. The molecule has 1 aliphatic heterocycles. The van der Waals surface area contributed by atoms with Crippen molar-refractivity contribution in [2.45, 2.75) is 91.6 Å². The molecule has 6 atom stereocenters. The maximum atomic E-state index is 12.4. The van der Waals surface area contributed by atoms with E-state index in [0.717, 1.165) is 55.5 Å². The smallest absolute Gasteiger partial charge is 0.305 e. The Kier molecular flexibility index (Phi) is 12.2.